The van der Waals surface area contributed by atoms with E-state index >= 15 is 0 Å². The van der Waals surface area contributed by atoms with Crippen LogP contribution in [-0.4, -0.2) is 9.97 Å². The SMILES string of the molecule is CC(N)c1nccc(-c2ccc(Cl)s2)n1. The second-order valence-corrected chi connectivity index (χ2v) is 4.91. The highest BCUT2D eigenvalue weighted by Crippen LogP contribution is 2.29. The predicted octanol–water partition coefficient (Wildman–Crippen LogP) is 2.88. The molecule has 78 valence electrons. The van der Waals surface area contributed by atoms with Gasteiger partial charge in [0, 0.05) is 6.20 Å². The number of thiophene rings is 1. The molecule has 2 N–H and O–H groups in total. The summed E-state index contributed by atoms with van der Waals surface area (Å²) in [5, 5.41) is 0. The highest BCUT2D eigenvalue weighted by atomic mass is 35.5. The highest BCUT2D eigenvalue weighted by Gasteiger charge is 2.07. The van der Waals surface area contributed by atoms with Gasteiger partial charge >= 0.3 is 0 Å². The van der Waals surface area contributed by atoms with E-state index < -0.39 is 0 Å². The second kappa shape index (κ2) is 4.26. The van der Waals surface area contributed by atoms with Gasteiger partial charge in [-0.25, -0.2) is 9.97 Å². The molecule has 0 aromatic carbocycles. The van der Waals surface area contributed by atoms with Crippen LogP contribution in [0.1, 0.15) is 18.8 Å². The third-order valence-electron chi connectivity index (χ3n) is 1.91. The molecule has 0 radical (unpaired) electrons. The number of nitrogens with zero attached hydrogens (tertiary/aromatic N) is 2. The molecule has 1 atom stereocenters. The van der Waals surface area contributed by atoms with E-state index in [2.05, 4.69) is 9.97 Å². The Morgan fingerprint density at radius 1 is 1.40 bits per heavy atom. The van der Waals surface area contributed by atoms with Gasteiger partial charge in [0.15, 0.2) is 0 Å². The summed E-state index contributed by atoms with van der Waals surface area (Å²) in [6.45, 7) is 1.86. The second-order valence-electron chi connectivity index (χ2n) is 3.19. The third-order valence-corrected chi connectivity index (χ3v) is 3.16. The molecule has 0 saturated heterocycles. The molecule has 0 bridgehead atoms. The van der Waals surface area contributed by atoms with Gasteiger partial charge < -0.3 is 5.73 Å². The summed E-state index contributed by atoms with van der Waals surface area (Å²) in [5.41, 5.74) is 6.59. The molecule has 0 saturated carbocycles. The minimum absolute atomic E-state index is 0.152. The molecule has 1 unspecified atom stereocenters. The van der Waals surface area contributed by atoms with Crippen molar-refractivity contribution < 1.29 is 0 Å². The molecule has 0 aliphatic heterocycles. The van der Waals surface area contributed by atoms with Crippen molar-refractivity contribution in [1.29, 1.82) is 0 Å². The Labute approximate surface area is 96.9 Å². The fourth-order valence-corrected chi connectivity index (χ4v) is 2.20. The number of rotatable bonds is 2. The molecule has 0 aliphatic carbocycles. The number of halogens is 1. The van der Waals surface area contributed by atoms with Crippen molar-refractivity contribution in [3.05, 3.63) is 34.6 Å². The molecule has 2 rings (SSSR count). The summed E-state index contributed by atoms with van der Waals surface area (Å²) in [6, 6.07) is 5.50. The maximum absolute atomic E-state index is 5.86. The zero-order chi connectivity index (χ0) is 10.8. The van der Waals surface area contributed by atoms with Gasteiger partial charge in [-0.3, -0.25) is 0 Å². The van der Waals surface area contributed by atoms with Crippen LogP contribution in [0.4, 0.5) is 0 Å². The summed E-state index contributed by atoms with van der Waals surface area (Å²) in [4.78, 5) is 9.51. The van der Waals surface area contributed by atoms with Crippen LogP contribution in [0.3, 0.4) is 0 Å². The molecular weight excluding hydrogens is 230 g/mol. The summed E-state index contributed by atoms with van der Waals surface area (Å²) in [7, 11) is 0. The molecule has 2 aromatic heterocycles. The third kappa shape index (κ3) is 2.34. The Morgan fingerprint density at radius 3 is 2.80 bits per heavy atom. The molecule has 0 aliphatic rings. The largest absolute Gasteiger partial charge is 0.322 e. The maximum atomic E-state index is 5.86. The smallest absolute Gasteiger partial charge is 0.145 e. The molecule has 3 nitrogen and oxygen atoms in total. The Hall–Kier alpha value is -0.970. The summed E-state index contributed by atoms with van der Waals surface area (Å²) in [5.74, 6) is 0.650. The Kier molecular flexibility index (Phi) is 3.00. The first kappa shape index (κ1) is 10.5. The monoisotopic (exact) mass is 239 g/mol. The van der Waals surface area contributed by atoms with Crippen molar-refractivity contribution in [3.63, 3.8) is 0 Å². The number of nitrogens with two attached hydrogens (primary N) is 1. The zero-order valence-corrected chi connectivity index (χ0v) is 9.72. The number of hydrogen-bond donors (Lipinski definition) is 1. The van der Waals surface area contributed by atoms with Gasteiger partial charge in [0.05, 0.1) is 20.9 Å². The lowest BCUT2D eigenvalue weighted by Gasteiger charge is -2.04. The lowest BCUT2D eigenvalue weighted by atomic mass is 10.3. The van der Waals surface area contributed by atoms with Crippen LogP contribution in [0.2, 0.25) is 4.34 Å². The van der Waals surface area contributed by atoms with Gasteiger partial charge in [-0.2, -0.15) is 0 Å². The topological polar surface area (TPSA) is 51.8 Å². The minimum atomic E-state index is -0.152. The number of hydrogen-bond acceptors (Lipinski definition) is 4. The summed E-state index contributed by atoms with van der Waals surface area (Å²) >= 11 is 7.36. The molecule has 0 amide bonds. The lowest BCUT2D eigenvalue weighted by molar-refractivity contribution is 0.741. The molecule has 5 heteroatoms. The first-order valence-corrected chi connectivity index (χ1v) is 5.70. The van der Waals surface area contributed by atoms with Crippen molar-refractivity contribution in [1.82, 2.24) is 9.97 Å². The van der Waals surface area contributed by atoms with Crippen molar-refractivity contribution in [2.24, 2.45) is 5.73 Å². The van der Waals surface area contributed by atoms with E-state index in [0.717, 1.165) is 14.9 Å². The van der Waals surface area contributed by atoms with Crippen LogP contribution < -0.4 is 5.73 Å². The molecule has 15 heavy (non-hydrogen) atoms. The van der Waals surface area contributed by atoms with E-state index in [1.807, 2.05) is 25.1 Å². The maximum Gasteiger partial charge on any atom is 0.145 e. The summed E-state index contributed by atoms with van der Waals surface area (Å²) < 4.78 is 0.756. The van der Waals surface area contributed by atoms with Crippen LogP contribution in [0.5, 0.6) is 0 Å². The summed E-state index contributed by atoms with van der Waals surface area (Å²) in [6.07, 6.45) is 1.72. The van der Waals surface area contributed by atoms with Crippen molar-refractivity contribution in [2.45, 2.75) is 13.0 Å². The van der Waals surface area contributed by atoms with Crippen molar-refractivity contribution >= 4 is 22.9 Å². The zero-order valence-electron chi connectivity index (χ0n) is 8.14. The highest BCUT2D eigenvalue weighted by molar-refractivity contribution is 7.19. The Balaban J connectivity index is 2.41. The quantitative estimate of drug-likeness (QED) is 0.877. The van der Waals surface area contributed by atoms with Crippen LogP contribution in [-0.2, 0) is 0 Å². The molecule has 2 heterocycles. The van der Waals surface area contributed by atoms with Crippen molar-refractivity contribution in [3.8, 4) is 10.6 Å². The van der Waals surface area contributed by atoms with E-state index in [9.17, 15) is 0 Å². The van der Waals surface area contributed by atoms with Crippen LogP contribution in [0.15, 0.2) is 24.4 Å². The fourth-order valence-electron chi connectivity index (χ4n) is 1.18. The average Bonchev–Trinajstić information content (AvgIpc) is 2.65. The number of aromatic nitrogens is 2. The molecular formula is C10H10ClN3S. The van der Waals surface area contributed by atoms with Gasteiger partial charge in [-0.1, -0.05) is 11.6 Å². The fraction of sp³-hybridized carbons (Fsp3) is 0.200. The first-order chi connectivity index (χ1) is 7.16. The van der Waals surface area contributed by atoms with Crippen molar-refractivity contribution in [2.75, 3.05) is 0 Å². The molecule has 0 fully saturated rings. The Morgan fingerprint density at radius 2 is 2.20 bits per heavy atom. The van der Waals surface area contributed by atoms with E-state index in [4.69, 9.17) is 17.3 Å². The standard InChI is InChI=1S/C10H10ClN3S/c1-6(12)10-13-5-4-7(14-10)8-2-3-9(11)15-8/h2-6H,12H2,1H3. The van der Waals surface area contributed by atoms with E-state index in [-0.39, 0.29) is 6.04 Å². The van der Waals surface area contributed by atoms with E-state index in [1.165, 1.54) is 11.3 Å². The Bertz CT molecular complexity index is 467. The first-order valence-electron chi connectivity index (χ1n) is 4.51. The van der Waals surface area contributed by atoms with Gasteiger partial charge in [0.1, 0.15) is 5.82 Å². The van der Waals surface area contributed by atoms with Gasteiger partial charge in [-0.05, 0) is 25.1 Å². The van der Waals surface area contributed by atoms with Gasteiger partial charge in [0.2, 0.25) is 0 Å². The van der Waals surface area contributed by atoms with E-state index in [0.29, 0.717) is 5.82 Å². The lowest BCUT2D eigenvalue weighted by Crippen LogP contribution is -2.09. The van der Waals surface area contributed by atoms with Crippen LogP contribution in [0, 0.1) is 0 Å². The predicted molar refractivity (Wildman–Crippen MR) is 63.0 cm³/mol. The molecule has 2 aromatic rings. The average molecular weight is 240 g/mol. The van der Waals surface area contributed by atoms with Gasteiger partial charge in [-0.15, -0.1) is 11.3 Å². The van der Waals surface area contributed by atoms with Gasteiger partial charge in [0.25, 0.3) is 0 Å². The van der Waals surface area contributed by atoms with Crippen LogP contribution >= 0.6 is 22.9 Å². The normalized spacial score (nSPS) is 12.7. The minimum Gasteiger partial charge on any atom is -0.322 e. The molecule has 0 spiro atoms. The van der Waals surface area contributed by atoms with Crippen LogP contribution in [0.25, 0.3) is 10.6 Å². The van der Waals surface area contributed by atoms with E-state index in [1.54, 1.807) is 6.20 Å².